The predicted molar refractivity (Wildman–Crippen MR) is 97.5 cm³/mol. The van der Waals surface area contributed by atoms with Crippen molar-refractivity contribution in [1.29, 1.82) is 0 Å². The Bertz CT molecular complexity index is 716. The molecule has 0 radical (unpaired) electrons. The Balaban J connectivity index is 1.78. The second-order valence-electron chi connectivity index (χ2n) is 6.22. The van der Waals surface area contributed by atoms with Gasteiger partial charge in [0.2, 0.25) is 0 Å². The Morgan fingerprint density at radius 3 is 2.84 bits per heavy atom. The molecule has 0 aliphatic carbocycles. The molecule has 1 saturated heterocycles. The number of nitro benzene ring substituents is 1. The molecule has 0 amide bonds. The van der Waals surface area contributed by atoms with Crippen molar-refractivity contribution in [2.45, 2.75) is 19.4 Å². The lowest BCUT2D eigenvalue weighted by Crippen LogP contribution is -2.51. The van der Waals surface area contributed by atoms with E-state index in [0.717, 1.165) is 44.2 Å². The van der Waals surface area contributed by atoms with Gasteiger partial charge in [0.15, 0.2) is 5.96 Å². The molecule has 0 saturated carbocycles. The van der Waals surface area contributed by atoms with Crippen molar-refractivity contribution in [2.24, 2.45) is 4.99 Å². The monoisotopic (exact) mass is 341 g/mol. The average Bonchev–Trinajstić information content (AvgIpc) is 3.03. The first kappa shape index (κ1) is 17.2. The van der Waals surface area contributed by atoms with Gasteiger partial charge in [-0.05, 0) is 6.92 Å². The lowest BCUT2D eigenvalue weighted by Gasteiger charge is -2.33. The predicted octanol–water partition coefficient (Wildman–Crippen LogP) is 1.11. The molecule has 1 aromatic rings. The fraction of sp³-hybridized carbons (Fsp3) is 0.500. The third kappa shape index (κ3) is 4.09. The van der Waals surface area contributed by atoms with Crippen molar-refractivity contribution < 1.29 is 4.92 Å². The minimum Gasteiger partial charge on any atom is -0.340 e. The number of piperazine rings is 1. The molecule has 0 spiro atoms. The fourth-order valence-electron chi connectivity index (χ4n) is 3.30. The van der Waals surface area contributed by atoms with E-state index in [9.17, 15) is 10.1 Å². The molecule has 132 valence electrons. The molecule has 1 fully saturated rings. The van der Waals surface area contributed by atoms with Crippen molar-refractivity contribution in [1.82, 2.24) is 15.1 Å². The normalized spacial score (nSPS) is 20.0. The Morgan fingerprint density at radius 1 is 1.36 bits per heavy atom. The van der Waals surface area contributed by atoms with Crippen LogP contribution in [0.5, 0.6) is 0 Å². The van der Waals surface area contributed by atoms with E-state index < -0.39 is 0 Å². The van der Waals surface area contributed by atoms with Crippen molar-refractivity contribution in [2.75, 3.05) is 39.3 Å². The number of benzene rings is 1. The second kappa shape index (κ2) is 7.99. The number of nitrogens with one attached hydrogen (secondary N) is 1. The minimum absolute atomic E-state index is 0.0182. The van der Waals surface area contributed by atoms with E-state index >= 15 is 0 Å². The molecule has 7 heteroatoms. The van der Waals surface area contributed by atoms with Gasteiger partial charge in [-0.1, -0.05) is 24.1 Å². The molecule has 0 aromatic heterocycles. The molecule has 1 aromatic carbocycles. The Hall–Kier alpha value is -2.59. The molecule has 1 atom stereocenters. The molecule has 1 N–H and O–H groups in total. The number of nitro groups is 1. The zero-order valence-corrected chi connectivity index (χ0v) is 14.4. The summed E-state index contributed by atoms with van der Waals surface area (Å²) in [5.41, 5.74) is 0.914. The van der Waals surface area contributed by atoms with E-state index in [4.69, 9.17) is 4.99 Å². The first-order valence-electron chi connectivity index (χ1n) is 8.59. The summed E-state index contributed by atoms with van der Waals surface area (Å²) in [5, 5.41) is 14.6. The Kier molecular flexibility index (Phi) is 5.51. The third-order valence-corrected chi connectivity index (χ3v) is 4.50. The third-order valence-electron chi connectivity index (χ3n) is 4.50. The second-order valence-corrected chi connectivity index (χ2v) is 6.22. The van der Waals surface area contributed by atoms with Gasteiger partial charge < -0.3 is 15.1 Å². The maximum Gasteiger partial charge on any atom is 0.272 e. The smallest absolute Gasteiger partial charge is 0.272 e. The van der Waals surface area contributed by atoms with Gasteiger partial charge in [-0.25, -0.2) is 4.99 Å². The fourth-order valence-corrected chi connectivity index (χ4v) is 3.30. The highest BCUT2D eigenvalue weighted by Crippen LogP contribution is 2.23. The van der Waals surface area contributed by atoms with Crippen LogP contribution < -0.4 is 5.32 Å². The highest BCUT2D eigenvalue weighted by molar-refractivity contribution is 5.82. The molecule has 25 heavy (non-hydrogen) atoms. The standard InChI is InChI=1S/C18H23N5O2/c1-2-3-10-22-14-16(20-18(22)21-11-8-19-9-12-21)13-15-6-4-5-7-17(15)23(24)25/h4-7,16,19H,8-14H2,1H3. The molecule has 1 unspecified atom stereocenters. The van der Waals surface area contributed by atoms with E-state index in [1.165, 1.54) is 0 Å². The molecule has 3 rings (SSSR count). The van der Waals surface area contributed by atoms with Gasteiger partial charge in [0, 0.05) is 50.8 Å². The van der Waals surface area contributed by atoms with Gasteiger partial charge in [-0.3, -0.25) is 10.1 Å². The van der Waals surface area contributed by atoms with Crippen molar-refractivity contribution in [3.05, 3.63) is 39.9 Å². The van der Waals surface area contributed by atoms with E-state index in [0.29, 0.717) is 13.0 Å². The van der Waals surface area contributed by atoms with Gasteiger partial charge in [-0.15, -0.1) is 5.92 Å². The molecular weight excluding hydrogens is 318 g/mol. The van der Waals surface area contributed by atoms with E-state index in [2.05, 4.69) is 27.0 Å². The average molecular weight is 341 g/mol. The van der Waals surface area contributed by atoms with E-state index in [-0.39, 0.29) is 16.7 Å². The number of nitrogens with zero attached hydrogens (tertiary/aromatic N) is 4. The van der Waals surface area contributed by atoms with Crippen LogP contribution in [0.3, 0.4) is 0 Å². The van der Waals surface area contributed by atoms with Crippen LogP contribution in [0.2, 0.25) is 0 Å². The van der Waals surface area contributed by atoms with Gasteiger partial charge >= 0.3 is 0 Å². The van der Waals surface area contributed by atoms with Crippen LogP contribution in [0, 0.1) is 22.0 Å². The summed E-state index contributed by atoms with van der Waals surface area (Å²) in [6.45, 7) is 6.97. The lowest BCUT2D eigenvalue weighted by molar-refractivity contribution is -0.385. The van der Waals surface area contributed by atoms with Crippen LogP contribution >= 0.6 is 0 Å². The highest BCUT2D eigenvalue weighted by Gasteiger charge is 2.30. The number of guanidine groups is 1. The van der Waals surface area contributed by atoms with Gasteiger partial charge in [0.1, 0.15) is 0 Å². The summed E-state index contributed by atoms with van der Waals surface area (Å²) < 4.78 is 0. The van der Waals surface area contributed by atoms with E-state index in [1.807, 2.05) is 19.1 Å². The molecule has 7 nitrogen and oxygen atoms in total. The molecule has 2 aliphatic heterocycles. The molecule has 2 aliphatic rings. The minimum atomic E-state index is -0.314. The summed E-state index contributed by atoms with van der Waals surface area (Å²) >= 11 is 0. The van der Waals surface area contributed by atoms with Crippen LogP contribution in [-0.2, 0) is 6.42 Å². The zero-order chi connectivity index (χ0) is 17.6. The van der Waals surface area contributed by atoms with Crippen LogP contribution in [0.4, 0.5) is 5.69 Å². The topological polar surface area (TPSA) is 74.0 Å². The quantitative estimate of drug-likeness (QED) is 0.504. The summed E-state index contributed by atoms with van der Waals surface area (Å²) in [5.74, 6) is 7.04. The van der Waals surface area contributed by atoms with Crippen LogP contribution in [0.25, 0.3) is 0 Å². The first-order chi connectivity index (χ1) is 12.2. The summed E-state index contributed by atoms with van der Waals surface area (Å²) in [6, 6.07) is 6.95. The first-order valence-corrected chi connectivity index (χ1v) is 8.59. The molecule has 0 bridgehead atoms. The molecular formula is C18H23N5O2. The largest absolute Gasteiger partial charge is 0.340 e. The zero-order valence-electron chi connectivity index (χ0n) is 14.4. The van der Waals surface area contributed by atoms with Crippen LogP contribution in [0.1, 0.15) is 12.5 Å². The Morgan fingerprint density at radius 2 is 2.12 bits per heavy atom. The number of hydrogen-bond acceptors (Lipinski definition) is 6. The van der Waals surface area contributed by atoms with Crippen LogP contribution in [-0.4, -0.2) is 66.0 Å². The number of hydrogen-bond donors (Lipinski definition) is 1. The van der Waals surface area contributed by atoms with Crippen LogP contribution in [0.15, 0.2) is 29.3 Å². The maximum atomic E-state index is 11.2. The maximum absolute atomic E-state index is 11.2. The number of rotatable bonds is 4. The lowest BCUT2D eigenvalue weighted by atomic mass is 10.0. The summed E-state index contributed by atoms with van der Waals surface area (Å²) in [6.07, 6.45) is 0.572. The number of para-hydroxylation sites is 1. The summed E-state index contributed by atoms with van der Waals surface area (Å²) in [4.78, 5) is 20.3. The van der Waals surface area contributed by atoms with E-state index in [1.54, 1.807) is 12.1 Å². The van der Waals surface area contributed by atoms with Gasteiger partial charge in [-0.2, -0.15) is 0 Å². The van der Waals surface area contributed by atoms with Gasteiger partial charge in [0.05, 0.1) is 17.5 Å². The Labute approximate surface area is 147 Å². The van der Waals surface area contributed by atoms with Gasteiger partial charge in [0.25, 0.3) is 5.69 Å². The highest BCUT2D eigenvalue weighted by atomic mass is 16.6. The number of aliphatic imine (C=N–C) groups is 1. The SMILES string of the molecule is CC#CCN1CC(Cc2ccccc2[N+](=O)[O-])N=C1N1CCNCC1. The summed E-state index contributed by atoms with van der Waals surface area (Å²) in [7, 11) is 0. The van der Waals surface area contributed by atoms with Crippen molar-refractivity contribution in [3.8, 4) is 11.8 Å². The van der Waals surface area contributed by atoms with Crippen molar-refractivity contribution in [3.63, 3.8) is 0 Å². The van der Waals surface area contributed by atoms with Crippen molar-refractivity contribution >= 4 is 11.6 Å². The molecule has 2 heterocycles.